The van der Waals surface area contributed by atoms with Crippen LogP contribution in [0.2, 0.25) is 0 Å². The highest BCUT2D eigenvalue weighted by Crippen LogP contribution is 2.42. The molecule has 0 spiro atoms. The first kappa shape index (κ1) is 22.7. The highest BCUT2D eigenvalue weighted by Gasteiger charge is 2.16. The van der Waals surface area contributed by atoms with Crippen molar-refractivity contribution in [1.82, 2.24) is 9.97 Å². The summed E-state index contributed by atoms with van der Waals surface area (Å²) in [6.45, 7) is 0. The molecule has 0 saturated carbocycles. The van der Waals surface area contributed by atoms with E-state index in [0.717, 1.165) is 0 Å². The van der Waals surface area contributed by atoms with Crippen molar-refractivity contribution < 1.29 is 0 Å². The minimum Gasteiger partial charge on any atom is -0.354 e. The van der Waals surface area contributed by atoms with Gasteiger partial charge in [-0.1, -0.05) is 72.8 Å². The molecule has 0 aliphatic rings. The molecule has 2 nitrogen and oxygen atoms in total. The minimum absolute atomic E-state index is 1.18. The van der Waals surface area contributed by atoms with Crippen LogP contribution in [0.5, 0.6) is 0 Å². The Labute approximate surface area is 251 Å². The van der Waals surface area contributed by atoms with E-state index in [9.17, 15) is 0 Å². The van der Waals surface area contributed by atoms with Crippen molar-refractivity contribution in [3.05, 3.63) is 133 Å². The second-order valence-electron chi connectivity index (χ2n) is 12.3. The topological polar surface area (TPSA) is 31.6 Å². The van der Waals surface area contributed by atoms with Gasteiger partial charge in [0.15, 0.2) is 0 Å². The summed E-state index contributed by atoms with van der Waals surface area (Å²) < 4.78 is 0. The molecule has 0 atom stereocenters. The van der Waals surface area contributed by atoms with E-state index >= 15 is 0 Å². The van der Waals surface area contributed by atoms with Crippen LogP contribution in [-0.4, -0.2) is 9.97 Å². The molecular weight excluding hydrogens is 532 g/mol. The third-order valence-electron chi connectivity index (χ3n) is 9.97. The Balaban J connectivity index is 1.28. The van der Waals surface area contributed by atoms with Crippen LogP contribution in [0.3, 0.4) is 0 Å². The molecule has 0 radical (unpaired) electrons. The lowest BCUT2D eigenvalue weighted by molar-refractivity contribution is 1.56. The van der Waals surface area contributed by atoms with Gasteiger partial charge in [0, 0.05) is 43.6 Å². The highest BCUT2D eigenvalue weighted by molar-refractivity contribution is 6.33. The van der Waals surface area contributed by atoms with Crippen LogP contribution >= 0.6 is 0 Å². The lowest BCUT2D eigenvalue weighted by atomic mass is 9.94. The molecule has 0 fully saturated rings. The fourth-order valence-electron chi connectivity index (χ4n) is 7.96. The second-order valence-corrected chi connectivity index (χ2v) is 12.3. The average Bonchev–Trinajstić information content (AvgIpc) is 3.65. The summed E-state index contributed by atoms with van der Waals surface area (Å²) in [5, 5.41) is 20.5. The number of rotatable bonds is 0. The third kappa shape index (κ3) is 2.90. The van der Waals surface area contributed by atoms with Crippen molar-refractivity contribution in [2.75, 3.05) is 0 Å². The summed E-state index contributed by atoms with van der Waals surface area (Å²) in [6, 6.07) is 49.6. The number of hydrogen-bond donors (Lipinski definition) is 2. The summed E-state index contributed by atoms with van der Waals surface area (Å²) in [6.07, 6.45) is 0. The number of benzene rings is 9. The molecular formula is C42H24N2. The molecule has 11 rings (SSSR count). The smallest absolute Gasteiger partial charge is 0.0471 e. The maximum Gasteiger partial charge on any atom is 0.0471 e. The zero-order valence-electron chi connectivity index (χ0n) is 23.7. The van der Waals surface area contributed by atoms with Gasteiger partial charge in [-0.05, 0) is 125 Å². The summed E-state index contributed by atoms with van der Waals surface area (Å²) in [4.78, 5) is 7.48. The van der Waals surface area contributed by atoms with E-state index in [1.165, 1.54) is 108 Å². The van der Waals surface area contributed by atoms with E-state index in [0.29, 0.717) is 0 Å². The molecule has 44 heavy (non-hydrogen) atoms. The molecule has 202 valence electrons. The molecule has 2 aromatic heterocycles. The summed E-state index contributed by atoms with van der Waals surface area (Å²) in [5.74, 6) is 0. The molecule has 0 aliphatic carbocycles. The Morgan fingerprint density at radius 3 is 0.864 bits per heavy atom. The van der Waals surface area contributed by atoms with Crippen LogP contribution in [-0.2, 0) is 0 Å². The van der Waals surface area contributed by atoms with E-state index in [1.54, 1.807) is 0 Å². The first-order valence-corrected chi connectivity index (χ1v) is 15.3. The predicted octanol–water partition coefficient (Wildman–Crippen LogP) is 11.9. The van der Waals surface area contributed by atoms with Crippen molar-refractivity contribution in [2.45, 2.75) is 0 Å². The Kier molecular flexibility index (Phi) is 4.10. The van der Waals surface area contributed by atoms with Crippen LogP contribution in [0.4, 0.5) is 0 Å². The van der Waals surface area contributed by atoms with Crippen LogP contribution in [0.1, 0.15) is 0 Å². The molecule has 0 bridgehead atoms. The van der Waals surface area contributed by atoms with E-state index in [2.05, 4.69) is 143 Å². The molecule has 0 aliphatic heterocycles. The van der Waals surface area contributed by atoms with Crippen molar-refractivity contribution in [3.63, 3.8) is 0 Å². The number of H-pyrrole nitrogens is 2. The summed E-state index contributed by atoms with van der Waals surface area (Å²) >= 11 is 0. The van der Waals surface area contributed by atoms with E-state index in [1.807, 2.05) is 0 Å². The number of nitrogens with one attached hydrogen (secondary N) is 2. The lowest BCUT2D eigenvalue weighted by Crippen LogP contribution is -1.82. The molecule has 0 amide bonds. The van der Waals surface area contributed by atoms with Crippen molar-refractivity contribution in [3.8, 4) is 0 Å². The summed E-state index contributed by atoms with van der Waals surface area (Å²) in [7, 11) is 0. The maximum atomic E-state index is 3.74. The number of aromatic amines is 2. The zero-order valence-corrected chi connectivity index (χ0v) is 23.7. The first-order valence-electron chi connectivity index (χ1n) is 15.3. The monoisotopic (exact) mass is 556 g/mol. The molecule has 2 heterocycles. The zero-order chi connectivity index (χ0) is 28.5. The predicted molar refractivity (Wildman–Crippen MR) is 190 cm³/mol. The molecule has 2 heteroatoms. The van der Waals surface area contributed by atoms with Gasteiger partial charge in [-0.25, -0.2) is 0 Å². The van der Waals surface area contributed by atoms with Crippen molar-refractivity contribution in [2.24, 2.45) is 0 Å². The normalized spacial score (nSPS) is 12.5. The standard InChI is InChI=1S/C42H24N2/c1-3-7-25-19-31-27(17-23(25)5-1)9-13-35-39(31)41-33-21-30-12-16-38-42(34(30)22-29(33)11-15-37(41)43-35)40-32-20-26-8-4-2-6-24(26)18-28(32)10-14-36(40)44-38/h1-22,43-44H. The van der Waals surface area contributed by atoms with E-state index in [-0.39, 0.29) is 0 Å². The molecule has 9 aromatic carbocycles. The Hall–Kier alpha value is -5.86. The fourth-order valence-corrected chi connectivity index (χ4v) is 7.96. The van der Waals surface area contributed by atoms with Crippen molar-refractivity contribution in [1.29, 1.82) is 0 Å². The van der Waals surface area contributed by atoms with Gasteiger partial charge < -0.3 is 9.97 Å². The average molecular weight is 557 g/mol. The second kappa shape index (κ2) is 7.94. The Morgan fingerprint density at radius 2 is 0.523 bits per heavy atom. The largest absolute Gasteiger partial charge is 0.354 e. The SMILES string of the molecule is c1ccc2cc3c(ccc4[nH]c5ccc6cc7c(ccc8[nH]c9ccc%10cc%11ccccc%11cc%10c9c87)cc6c5c43)cc2c1. The van der Waals surface area contributed by atoms with Crippen LogP contribution in [0.25, 0.3) is 108 Å². The lowest BCUT2D eigenvalue weighted by Gasteiger charge is -2.09. The van der Waals surface area contributed by atoms with Crippen molar-refractivity contribution >= 4 is 108 Å². The highest BCUT2D eigenvalue weighted by atomic mass is 14.7. The van der Waals surface area contributed by atoms with Crippen LogP contribution < -0.4 is 0 Å². The van der Waals surface area contributed by atoms with Gasteiger partial charge in [0.25, 0.3) is 0 Å². The Morgan fingerprint density at radius 1 is 0.250 bits per heavy atom. The van der Waals surface area contributed by atoms with E-state index < -0.39 is 0 Å². The maximum absolute atomic E-state index is 3.74. The van der Waals surface area contributed by atoms with Gasteiger partial charge in [0.05, 0.1) is 0 Å². The number of hydrogen-bond acceptors (Lipinski definition) is 0. The van der Waals surface area contributed by atoms with Crippen LogP contribution in [0, 0.1) is 0 Å². The summed E-state index contributed by atoms with van der Waals surface area (Å²) in [5.41, 5.74) is 4.72. The van der Waals surface area contributed by atoms with Gasteiger partial charge in [-0.3, -0.25) is 0 Å². The fraction of sp³-hybridized carbons (Fsp3) is 0. The number of fused-ring (bicyclic) bond motifs is 16. The molecule has 11 aromatic rings. The number of aromatic nitrogens is 2. The third-order valence-corrected chi connectivity index (χ3v) is 9.97. The molecule has 0 saturated heterocycles. The van der Waals surface area contributed by atoms with Gasteiger partial charge >= 0.3 is 0 Å². The van der Waals surface area contributed by atoms with Gasteiger partial charge in [0.2, 0.25) is 0 Å². The van der Waals surface area contributed by atoms with Crippen LogP contribution in [0.15, 0.2) is 133 Å². The van der Waals surface area contributed by atoms with Gasteiger partial charge in [-0.2, -0.15) is 0 Å². The van der Waals surface area contributed by atoms with Gasteiger partial charge in [0.1, 0.15) is 0 Å². The first-order chi connectivity index (χ1) is 21.8. The van der Waals surface area contributed by atoms with E-state index in [4.69, 9.17) is 0 Å². The molecule has 0 unspecified atom stereocenters. The van der Waals surface area contributed by atoms with Gasteiger partial charge in [-0.15, -0.1) is 0 Å². The minimum atomic E-state index is 1.18. The quantitative estimate of drug-likeness (QED) is 0.174. The Bertz CT molecular complexity index is 2840. The molecule has 2 N–H and O–H groups in total.